The predicted molar refractivity (Wildman–Crippen MR) is 80.1 cm³/mol. The van der Waals surface area contributed by atoms with Gasteiger partial charge in [0, 0.05) is 25.2 Å². The number of aliphatic carboxylic acids is 1. The number of carboxylic acids is 1. The molecule has 21 heavy (non-hydrogen) atoms. The lowest BCUT2D eigenvalue weighted by Gasteiger charge is -2.32. The van der Waals surface area contributed by atoms with Crippen LogP contribution < -0.4 is 0 Å². The lowest BCUT2D eigenvalue weighted by molar-refractivity contribution is -0.137. The van der Waals surface area contributed by atoms with E-state index in [1.807, 2.05) is 10.9 Å². The number of nitrogens with zero attached hydrogens (tertiary/aromatic N) is 4. The van der Waals surface area contributed by atoms with Gasteiger partial charge in [0.05, 0.1) is 5.69 Å². The molecular formula is C15H26N4O2. The maximum Gasteiger partial charge on any atom is 0.303 e. The van der Waals surface area contributed by atoms with Crippen LogP contribution in [-0.4, -0.2) is 50.6 Å². The molecule has 1 fully saturated rings. The molecule has 1 aliphatic rings. The molecule has 0 bridgehead atoms. The first kappa shape index (κ1) is 15.9. The Balaban J connectivity index is 1.68. The average molecular weight is 294 g/mol. The quantitative estimate of drug-likeness (QED) is 0.742. The summed E-state index contributed by atoms with van der Waals surface area (Å²) in [4.78, 5) is 12.9. The van der Waals surface area contributed by atoms with Gasteiger partial charge in [0.15, 0.2) is 0 Å². The van der Waals surface area contributed by atoms with Crippen LogP contribution in [0, 0.1) is 0 Å². The van der Waals surface area contributed by atoms with E-state index in [9.17, 15) is 4.79 Å². The van der Waals surface area contributed by atoms with Crippen molar-refractivity contribution >= 4 is 5.97 Å². The summed E-state index contributed by atoms with van der Waals surface area (Å²) in [6, 6.07) is 0.668. The number of carboxylic acid groups (broad SMARTS) is 1. The summed E-state index contributed by atoms with van der Waals surface area (Å²) < 4.78 is 1.93. The highest BCUT2D eigenvalue weighted by Gasteiger charge is 2.18. The molecule has 1 aliphatic heterocycles. The second kappa shape index (κ2) is 8.12. The van der Waals surface area contributed by atoms with Crippen LogP contribution >= 0.6 is 0 Å². The van der Waals surface area contributed by atoms with Gasteiger partial charge in [0.25, 0.3) is 0 Å². The van der Waals surface area contributed by atoms with Crippen molar-refractivity contribution in [1.82, 2.24) is 19.9 Å². The summed E-state index contributed by atoms with van der Waals surface area (Å²) in [5.41, 5.74) is 0.970. The van der Waals surface area contributed by atoms with Gasteiger partial charge in [-0.2, -0.15) is 0 Å². The second-order valence-corrected chi connectivity index (χ2v) is 5.99. The fourth-order valence-corrected chi connectivity index (χ4v) is 2.93. The molecule has 0 spiro atoms. The topological polar surface area (TPSA) is 71.2 Å². The Bertz CT molecular complexity index is 447. The lowest BCUT2D eigenvalue weighted by atomic mass is 10.0. The van der Waals surface area contributed by atoms with Crippen LogP contribution in [-0.2, 0) is 17.8 Å². The van der Waals surface area contributed by atoms with Crippen LogP contribution in [0.25, 0.3) is 0 Å². The van der Waals surface area contributed by atoms with Crippen molar-refractivity contribution in [2.75, 3.05) is 13.6 Å². The van der Waals surface area contributed by atoms with Gasteiger partial charge >= 0.3 is 5.97 Å². The van der Waals surface area contributed by atoms with Crippen LogP contribution in [0.15, 0.2) is 6.20 Å². The van der Waals surface area contributed by atoms with Gasteiger partial charge in [-0.25, -0.2) is 0 Å². The minimum Gasteiger partial charge on any atom is -0.481 e. The normalized spacial score (nSPS) is 19.8. The minimum atomic E-state index is -0.727. The molecule has 118 valence electrons. The molecule has 0 radical (unpaired) electrons. The zero-order valence-corrected chi connectivity index (χ0v) is 12.9. The van der Waals surface area contributed by atoms with Crippen LogP contribution in [0.1, 0.15) is 50.6 Å². The van der Waals surface area contributed by atoms with Gasteiger partial charge in [0.1, 0.15) is 0 Å². The van der Waals surface area contributed by atoms with E-state index >= 15 is 0 Å². The number of hydrogen-bond acceptors (Lipinski definition) is 4. The number of aromatic nitrogens is 3. The predicted octanol–water partition coefficient (Wildman–Crippen LogP) is 1.95. The summed E-state index contributed by atoms with van der Waals surface area (Å²) in [5, 5.41) is 16.9. The zero-order valence-electron chi connectivity index (χ0n) is 12.9. The molecule has 1 saturated heterocycles. The molecule has 1 unspecified atom stereocenters. The number of carbonyl (C=O) groups is 1. The highest BCUT2D eigenvalue weighted by Crippen LogP contribution is 2.18. The Morgan fingerprint density at radius 2 is 2.29 bits per heavy atom. The lowest BCUT2D eigenvalue weighted by Crippen LogP contribution is -2.36. The van der Waals surface area contributed by atoms with E-state index in [2.05, 4.69) is 22.3 Å². The number of rotatable bonds is 8. The zero-order chi connectivity index (χ0) is 15.1. The van der Waals surface area contributed by atoms with Crippen molar-refractivity contribution in [3.8, 4) is 0 Å². The van der Waals surface area contributed by atoms with Gasteiger partial charge in [0.2, 0.25) is 0 Å². The van der Waals surface area contributed by atoms with Gasteiger partial charge < -0.3 is 10.0 Å². The van der Waals surface area contributed by atoms with Crippen molar-refractivity contribution in [3.05, 3.63) is 11.9 Å². The first-order valence-corrected chi connectivity index (χ1v) is 7.96. The van der Waals surface area contributed by atoms with Crippen molar-refractivity contribution in [3.63, 3.8) is 0 Å². The Hall–Kier alpha value is -1.43. The smallest absolute Gasteiger partial charge is 0.303 e. The molecule has 1 N–H and O–H groups in total. The van der Waals surface area contributed by atoms with Gasteiger partial charge in [-0.1, -0.05) is 11.6 Å². The Morgan fingerprint density at radius 3 is 3.05 bits per heavy atom. The largest absolute Gasteiger partial charge is 0.481 e. The van der Waals surface area contributed by atoms with Gasteiger partial charge in [-0.3, -0.25) is 9.48 Å². The summed E-state index contributed by atoms with van der Waals surface area (Å²) in [5.74, 6) is -0.727. The van der Waals surface area contributed by atoms with E-state index in [-0.39, 0.29) is 6.42 Å². The van der Waals surface area contributed by atoms with E-state index in [4.69, 9.17) is 5.11 Å². The van der Waals surface area contributed by atoms with Crippen LogP contribution in [0.3, 0.4) is 0 Å². The van der Waals surface area contributed by atoms with E-state index in [1.54, 1.807) is 0 Å². The van der Waals surface area contributed by atoms with Crippen molar-refractivity contribution in [1.29, 1.82) is 0 Å². The molecule has 1 aromatic rings. The maximum atomic E-state index is 10.4. The first-order chi connectivity index (χ1) is 10.1. The third-order valence-corrected chi connectivity index (χ3v) is 4.27. The Kier molecular flexibility index (Phi) is 6.17. The fraction of sp³-hybridized carbons (Fsp3) is 0.800. The Labute approximate surface area is 126 Å². The summed E-state index contributed by atoms with van der Waals surface area (Å²) >= 11 is 0. The first-order valence-electron chi connectivity index (χ1n) is 7.96. The number of aryl methyl sites for hydroxylation is 2. The van der Waals surface area contributed by atoms with Crippen LogP contribution in [0.4, 0.5) is 0 Å². The standard InChI is InChI=1S/C15H26N4O2/c1-18-10-5-4-7-14(18)9-11-19-12-13(16-17-19)6-2-3-8-15(20)21/h12,14H,2-11H2,1H3,(H,20,21). The Morgan fingerprint density at radius 1 is 1.43 bits per heavy atom. The molecule has 1 atom stereocenters. The van der Waals surface area contributed by atoms with Crippen LogP contribution in [0.2, 0.25) is 0 Å². The monoisotopic (exact) mass is 294 g/mol. The molecule has 0 aromatic carbocycles. The molecule has 2 heterocycles. The SMILES string of the molecule is CN1CCCCC1CCn1cc(CCCCC(=O)O)nn1. The molecule has 6 nitrogen and oxygen atoms in total. The van der Waals surface area contributed by atoms with Gasteiger partial charge in [-0.05, 0) is 52.1 Å². The minimum absolute atomic E-state index is 0.238. The van der Waals surface area contributed by atoms with Crippen molar-refractivity contribution in [2.45, 2.75) is 64.0 Å². The molecule has 6 heteroatoms. The molecule has 0 saturated carbocycles. The number of likely N-dealkylation sites (tertiary alicyclic amines) is 1. The van der Waals surface area contributed by atoms with E-state index < -0.39 is 5.97 Å². The summed E-state index contributed by atoms with van der Waals surface area (Å²) in [6.45, 7) is 2.12. The summed E-state index contributed by atoms with van der Waals surface area (Å²) in [6.07, 6.45) is 9.68. The van der Waals surface area contributed by atoms with Crippen molar-refractivity contribution in [2.24, 2.45) is 0 Å². The molecule has 2 rings (SSSR count). The third kappa shape index (κ3) is 5.46. The van der Waals surface area contributed by atoms with Crippen molar-refractivity contribution < 1.29 is 9.90 Å². The van der Waals surface area contributed by atoms with Crippen LogP contribution in [0.5, 0.6) is 0 Å². The summed E-state index contributed by atoms with van der Waals surface area (Å²) in [7, 11) is 2.21. The van der Waals surface area contributed by atoms with Gasteiger partial charge in [-0.15, -0.1) is 5.10 Å². The number of unbranched alkanes of at least 4 members (excludes halogenated alkanes) is 1. The highest BCUT2D eigenvalue weighted by molar-refractivity contribution is 5.66. The second-order valence-electron chi connectivity index (χ2n) is 5.99. The molecule has 0 amide bonds. The molecule has 1 aromatic heterocycles. The third-order valence-electron chi connectivity index (χ3n) is 4.27. The number of hydrogen-bond donors (Lipinski definition) is 1. The van der Waals surface area contributed by atoms with E-state index in [1.165, 1.54) is 25.8 Å². The van der Waals surface area contributed by atoms with E-state index in [0.717, 1.165) is 31.5 Å². The highest BCUT2D eigenvalue weighted by atomic mass is 16.4. The molecular weight excluding hydrogens is 268 g/mol. The fourth-order valence-electron chi connectivity index (χ4n) is 2.93. The molecule has 0 aliphatic carbocycles. The average Bonchev–Trinajstić information content (AvgIpc) is 2.90. The van der Waals surface area contributed by atoms with E-state index in [0.29, 0.717) is 12.5 Å². The maximum absolute atomic E-state index is 10.4. The number of piperidine rings is 1.